The first kappa shape index (κ1) is 14.9. The second-order valence-electron chi connectivity index (χ2n) is 3.79. The van der Waals surface area contributed by atoms with Crippen molar-refractivity contribution < 1.29 is 14.5 Å². The number of esters is 1. The number of unbranched alkanes of at least 4 members (excludes halogenated alkanes) is 4. The summed E-state index contributed by atoms with van der Waals surface area (Å²) in [7, 11) is 0. The van der Waals surface area contributed by atoms with E-state index in [0.717, 1.165) is 32.1 Å². The zero-order valence-corrected chi connectivity index (χ0v) is 9.94. The Morgan fingerprint density at radius 3 is 2.44 bits per heavy atom. The number of nitro groups is 1. The van der Waals surface area contributed by atoms with Crippen LogP contribution in [0.5, 0.6) is 0 Å². The average Bonchev–Trinajstić information content (AvgIpc) is 2.24. The van der Waals surface area contributed by atoms with Crippen LogP contribution < -0.4 is 0 Å². The highest BCUT2D eigenvalue weighted by atomic mass is 16.6. The van der Waals surface area contributed by atoms with Gasteiger partial charge in [0.15, 0.2) is 0 Å². The van der Waals surface area contributed by atoms with Crippen LogP contribution in [0.1, 0.15) is 51.9 Å². The van der Waals surface area contributed by atoms with Crippen molar-refractivity contribution in [1.82, 2.24) is 0 Å². The van der Waals surface area contributed by atoms with Crippen molar-refractivity contribution >= 4 is 5.97 Å². The number of nitrogens with zero attached hydrogens (tertiary/aromatic N) is 1. The Morgan fingerprint density at radius 1 is 1.19 bits per heavy atom. The van der Waals surface area contributed by atoms with Crippen LogP contribution in [-0.4, -0.2) is 24.0 Å². The molecule has 5 heteroatoms. The van der Waals surface area contributed by atoms with Gasteiger partial charge in [0.05, 0.1) is 6.61 Å². The van der Waals surface area contributed by atoms with Crippen molar-refractivity contribution in [2.75, 3.05) is 13.2 Å². The molecule has 0 spiro atoms. The van der Waals surface area contributed by atoms with Crippen molar-refractivity contribution in [3.63, 3.8) is 0 Å². The largest absolute Gasteiger partial charge is 0.466 e. The first-order valence-corrected chi connectivity index (χ1v) is 5.94. The van der Waals surface area contributed by atoms with Gasteiger partial charge in [-0.25, -0.2) is 0 Å². The van der Waals surface area contributed by atoms with Crippen molar-refractivity contribution in [2.45, 2.75) is 51.9 Å². The predicted octanol–water partition coefficient (Wildman–Crippen LogP) is 2.56. The van der Waals surface area contributed by atoms with Crippen molar-refractivity contribution in [3.05, 3.63) is 10.1 Å². The number of carbonyl (C=O) groups excluding carboxylic acids is 1. The third kappa shape index (κ3) is 10.9. The predicted molar refractivity (Wildman–Crippen MR) is 60.8 cm³/mol. The van der Waals surface area contributed by atoms with Crippen LogP contribution >= 0.6 is 0 Å². The molecule has 0 aliphatic carbocycles. The number of ether oxygens (including phenoxy) is 1. The monoisotopic (exact) mass is 231 g/mol. The van der Waals surface area contributed by atoms with Crippen LogP contribution in [-0.2, 0) is 9.53 Å². The SMILES string of the molecule is CCCOC(=O)CCCCCCC[N+](=O)[O-]. The van der Waals surface area contributed by atoms with Gasteiger partial charge in [-0.15, -0.1) is 0 Å². The molecule has 94 valence electrons. The van der Waals surface area contributed by atoms with Gasteiger partial charge in [-0.1, -0.05) is 19.8 Å². The molecule has 0 rings (SSSR count). The molecule has 0 aromatic rings. The molecular weight excluding hydrogens is 210 g/mol. The molecular formula is C11H21NO4. The lowest BCUT2D eigenvalue weighted by atomic mass is 10.1. The van der Waals surface area contributed by atoms with Crippen LogP contribution in [0.4, 0.5) is 0 Å². The third-order valence-electron chi connectivity index (χ3n) is 2.19. The molecule has 0 aromatic heterocycles. The van der Waals surface area contributed by atoms with Crippen molar-refractivity contribution in [2.24, 2.45) is 0 Å². The Morgan fingerprint density at radius 2 is 1.81 bits per heavy atom. The number of carbonyl (C=O) groups is 1. The van der Waals surface area contributed by atoms with Gasteiger partial charge in [0.25, 0.3) is 0 Å². The number of hydrogen-bond donors (Lipinski definition) is 0. The topological polar surface area (TPSA) is 69.4 Å². The molecule has 0 bridgehead atoms. The summed E-state index contributed by atoms with van der Waals surface area (Å²) in [6, 6.07) is 0. The first-order valence-electron chi connectivity index (χ1n) is 5.94. The molecule has 0 radical (unpaired) electrons. The summed E-state index contributed by atoms with van der Waals surface area (Å²) in [5.41, 5.74) is 0. The highest BCUT2D eigenvalue weighted by Crippen LogP contribution is 2.06. The highest BCUT2D eigenvalue weighted by molar-refractivity contribution is 5.69. The molecule has 16 heavy (non-hydrogen) atoms. The smallest absolute Gasteiger partial charge is 0.305 e. The van der Waals surface area contributed by atoms with Crippen LogP contribution in [0.2, 0.25) is 0 Å². The maximum atomic E-state index is 11.1. The zero-order chi connectivity index (χ0) is 12.2. The fourth-order valence-corrected chi connectivity index (χ4v) is 1.33. The molecule has 0 saturated carbocycles. The van der Waals surface area contributed by atoms with Crippen LogP contribution in [0.25, 0.3) is 0 Å². The van der Waals surface area contributed by atoms with Gasteiger partial charge in [-0.2, -0.15) is 0 Å². The fourth-order valence-electron chi connectivity index (χ4n) is 1.33. The number of rotatable bonds is 10. The lowest BCUT2D eigenvalue weighted by molar-refractivity contribution is -0.480. The van der Waals surface area contributed by atoms with Gasteiger partial charge in [0.2, 0.25) is 6.54 Å². The minimum absolute atomic E-state index is 0.0541. The van der Waals surface area contributed by atoms with E-state index in [1.807, 2.05) is 6.92 Å². The van der Waals surface area contributed by atoms with E-state index in [1.165, 1.54) is 0 Å². The summed E-state index contributed by atoms with van der Waals surface area (Å²) in [6.07, 6.45) is 5.54. The molecule has 0 N–H and O–H groups in total. The van der Waals surface area contributed by atoms with Crippen molar-refractivity contribution in [1.29, 1.82) is 0 Å². The molecule has 0 unspecified atom stereocenters. The van der Waals surface area contributed by atoms with Gasteiger partial charge < -0.3 is 4.74 Å². The lowest BCUT2D eigenvalue weighted by Crippen LogP contribution is -2.04. The maximum absolute atomic E-state index is 11.1. The molecule has 0 aliphatic rings. The van der Waals surface area contributed by atoms with E-state index >= 15 is 0 Å². The molecule has 0 fully saturated rings. The van der Waals surface area contributed by atoms with Gasteiger partial charge in [-0.05, 0) is 19.3 Å². The van der Waals surface area contributed by atoms with Gasteiger partial charge in [0.1, 0.15) is 0 Å². The van der Waals surface area contributed by atoms with Gasteiger partial charge in [-0.3, -0.25) is 14.9 Å². The van der Waals surface area contributed by atoms with Crippen molar-refractivity contribution in [3.8, 4) is 0 Å². The minimum Gasteiger partial charge on any atom is -0.466 e. The van der Waals surface area contributed by atoms with E-state index in [-0.39, 0.29) is 17.4 Å². The maximum Gasteiger partial charge on any atom is 0.305 e. The summed E-state index contributed by atoms with van der Waals surface area (Å²) >= 11 is 0. The van der Waals surface area contributed by atoms with Crippen LogP contribution in [0.15, 0.2) is 0 Å². The molecule has 0 heterocycles. The van der Waals surface area contributed by atoms with Gasteiger partial charge in [0, 0.05) is 17.8 Å². The van der Waals surface area contributed by atoms with Crippen LogP contribution in [0.3, 0.4) is 0 Å². The summed E-state index contributed by atoms with van der Waals surface area (Å²) in [6.45, 7) is 2.52. The zero-order valence-electron chi connectivity index (χ0n) is 9.94. The highest BCUT2D eigenvalue weighted by Gasteiger charge is 2.02. The quantitative estimate of drug-likeness (QED) is 0.251. The van der Waals surface area contributed by atoms with E-state index in [9.17, 15) is 14.9 Å². The Balaban J connectivity index is 3.14. The molecule has 0 amide bonds. The Bertz CT molecular complexity index is 206. The third-order valence-corrected chi connectivity index (χ3v) is 2.19. The Labute approximate surface area is 96.3 Å². The molecule has 0 aromatic carbocycles. The minimum atomic E-state index is -0.290. The van der Waals surface area contributed by atoms with E-state index in [0.29, 0.717) is 19.4 Å². The van der Waals surface area contributed by atoms with E-state index < -0.39 is 0 Å². The average molecular weight is 231 g/mol. The summed E-state index contributed by atoms with van der Waals surface area (Å²) in [4.78, 5) is 20.8. The van der Waals surface area contributed by atoms with E-state index in [2.05, 4.69) is 0 Å². The second-order valence-corrected chi connectivity index (χ2v) is 3.79. The standard InChI is InChI=1S/C11H21NO4/c1-2-10-16-11(13)8-6-4-3-5-7-9-12(14)15/h2-10H2,1H3. The number of hydrogen-bond acceptors (Lipinski definition) is 4. The van der Waals surface area contributed by atoms with E-state index in [4.69, 9.17) is 4.74 Å². The summed E-state index contributed by atoms with van der Waals surface area (Å²) < 4.78 is 4.92. The molecule has 0 aliphatic heterocycles. The van der Waals surface area contributed by atoms with Crippen LogP contribution in [0, 0.1) is 10.1 Å². The summed E-state index contributed by atoms with van der Waals surface area (Å²) in [5, 5.41) is 10.0. The first-order chi connectivity index (χ1) is 7.66. The van der Waals surface area contributed by atoms with E-state index in [1.54, 1.807) is 0 Å². The summed E-state index contributed by atoms with van der Waals surface area (Å²) in [5.74, 6) is -0.132. The lowest BCUT2D eigenvalue weighted by Gasteiger charge is -2.02. The fraction of sp³-hybridized carbons (Fsp3) is 0.909. The second kappa shape index (κ2) is 10.4. The molecule has 0 saturated heterocycles. The molecule has 0 atom stereocenters. The normalized spacial score (nSPS) is 10.1. The Hall–Kier alpha value is -1.13. The molecule has 5 nitrogen and oxygen atoms in total. The Kier molecular flexibility index (Phi) is 9.66. The van der Waals surface area contributed by atoms with Gasteiger partial charge >= 0.3 is 5.97 Å².